The van der Waals surface area contributed by atoms with Crippen molar-refractivity contribution in [1.29, 1.82) is 0 Å². The van der Waals surface area contributed by atoms with Gasteiger partial charge >= 0.3 is 0 Å². The third kappa shape index (κ3) is 1.42. The van der Waals surface area contributed by atoms with Crippen molar-refractivity contribution in [2.75, 3.05) is 11.5 Å². The topological polar surface area (TPSA) is 77.8 Å². The molecule has 0 unspecified atom stereocenters. The SMILES string of the molecule is Nc1nc(C2CCC2)nc(Cl)c1N. The van der Waals surface area contributed by atoms with Gasteiger partial charge in [-0.25, -0.2) is 9.97 Å². The fourth-order valence-corrected chi connectivity index (χ4v) is 1.51. The maximum Gasteiger partial charge on any atom is 0.157 e. The van der Waals surface area contributed by atoms with E-state index in [0.29, 0.717) is 11.7 Å². The molecule has 1 aromatic heterocycles. The molecule has 4 nitrogen and oxygen atoms in total. The van der Waals surface area contributed by atoms with Crippen molar-refractivity contribution in [2.24, 2.45) is 0 Å². The Morgan fingerprint density at radius 3 is 2.38 bits per heavy atom. The first-order chi connectivity index (χ1) is 6.18. The summed E-state index contributed by atoms with van der Waals surface area (Å²) in [5, 5.41) is 0.273. The minimum absolute atomic E-state index is 0.273. The third-order valence-electron chi connectivity index (χ3n) is 2.42. The van der Waals surface area contributed by atoms with Gasteiger partial charge in [-0.15, -0.1) is 0 Å². The third-order valence-corrected chi connectivity index (χ3v) is 2.70. The van der Waals surface area contributed by atoms with Gasteiger partial charge in [-0.2, -0.15) is 0 Å². The number of nitrogens with two attached hydrogens (primary N) is 2. The second kappa shape index (κ2) is 3.03. The van der Waals surface area contributed by atoms with Gasteiger partial charge < -0.3 is 11.5 Å². The van der Waals surface area contributed by atoms with Crippen molar-refractivity contribution in [3.8, 4) is 0 Å². The highest BCUT2D eigenvalue weighted by molar-refractivity contribution is 6.32. The zero-order chi connectivity index (χ0) is 9.42. The molecule has 2 rings (SSSR count). The molecule has 1 aromatic rings. The quantitative estimate of drug-likeness (QED) is 0.672. The summed E-state index contributed by atoms with van der Waals surface area (Å²) in [6.07, 6.45) is 3.48. The molecule has 0 atom stereocenters. The van der Waals surface area contributed by atoms with E-state index >= 15 is 0 Å². The van der Waals surface area contributed by atoms with Crippen LogP contribution in [-0.4, -0.2) is 9.97 Å². The molecule has 0 amide bonds. The van der Waals surface area contributed by atoms with Crippen LogP contribution in [0, 0.1) is 0 Å². The molecule has 5 heteroatoms. The van der Waals surface area contributed by atoms with Crippen molar-refractivity contribution in [1.82, 2.24) is 9.97 Å². The molecule has 0 aromatic carbocycles. The number of halogens is 1. The molecular weight excluding hydrogens is 188 g/mol. The highest BCUT2D eigenvalue weighted by atomic mass is 35.5. The predicted octanol–water partition coefficient (Wildman–Crippen LogP) is 1.56. The van der Waals surface area contributed by atoms with Crippen LogP contribution in [0.4, 0.5) is 11.5 Å². The number of aromatic nitrogens is 2. The Morgan fingerprint density at radius 2 is 1.92 bits per heavy atom. The Morgan fingerprint density at radius 1 is 1.23 bits per heavy atom. The van der Waals surface area contributed by atoms with Gasteiger partial charge in [0.25, 0.3) is 0 Å². The smallest absolute Gasteiger partial charge is 0.157 e. The number of nitrogens with zero attached hydrogens (tertiary/aromatic N) is 2. The molecule has 0 bridgehead atoms. The molecule has 1 aliphatic carbocycles. The number of hydrogen-bond donors (Lipinski definition) is 2. The lowest BCUT2D eigenvalue weighted by Crippen LogP contribution is -2.14. The molecule has 1 heterocycles. The van der Waals surface area contributed by atoms with Crippen LogP contribution < -0.4 is 11.5 Å². The molecule has 4 N–H and O–H groups in total. The molecule has 70 valence electrons. The molecule has 0 aliphatic heterocycles. The van der Waals surface area contributed by atoms with Gasteiger partial charge in [0.15, 0.2) is 11.0 Å². The van der Waals surface area contributed by atoms with Crippen LogP contribution in [-0.2, 0) is 0 Å². The van der Waals surface area contributed by atoms with Gasteiger partial charge in [-0.3, -0.25) is 0 Å². The Kier molecular flexibility index (Phi) is 2.00. The van der Waals surface area contributed by atoms with Crippen LogP contribution in [0.15, 0.2) is 0 Å². The minimum Gasteiger partial charge on any atom is -0.393 e. The second-order valence-corrected chi connectivity index (χ2v) is 3.66. The van der Waals surface area contributed by atoms with Crippen LogP contribution in [0.3, 0.4) is 0 Å². The van der Waals surface area contributed by atoms with Gasteiger partial charge in [-0.05, 0) is 12.8 Å². The zero-order valence-electron chi connectivity index (χ0n) is 7.13. The van der Waals surface area contributed by atoms with E-state index in [-0.39, 0.29) is 10.8 Å². The number of hydrogen-bond acceptors (Lipinski definition) is 4. The van der Waals surface area contributed by atoms with E-state index < -0.39 is 0 Å². The molecule has 0 saturated heterocycles. The van der Waals surface area contributed by atoms with Gasteiger partial charge in [0.1, 0.15) is 11.5 Å². The first kappa shape index (κ1) is 8.56. The van der Waals surface area contributed by atoms with Crippen molar-refractivity contribution < 1.29 is 0 Å². The average Bonchev–Trinajstić information content (AvgIpc) is 1.96. The normalized spacial score (nSPS) is 17.0. The first-order valence-corrected chi connectivity index (χ1v) is 4.64. The maximum absolute atomic E-state index is 5.79. The highest BCUT2D eigenvalue weighted by Crippen LogP contribution is 2.36. The summed E-state index contributed by atoms with van der Waals surface area (Å²) in [4.78, 5) is 8.22. The molecule has 0 radical (unpaired) electrons. The largest absolute Gasteiger partial charge is 0.393 e. The highest BCUT2D eigenvalue weighted by Gasteiger charge is 2.23. The zero-order valence-corrected chi connectivity index (χ0v) is 7.88. The molecular formula is C8H11ClN4. The van der Waals surface area contributed by atoms with Crippen LogP contribution in [0.2, 0.25) is 5.15 Å². The second-order valence-electron chi connectivity index (χ2n) is 3.30. The van der Waals surface area contributed by atoms with E-state index in [2.05, 4.69) is 9.97 Å². The van der Waals surface area contributed by atoms with E-state index in [1.165, 1.54) is 6.42 Å². The monoisotopic (exact) mass is 198 g/mol. The molecule has 1 fully saturated rings. The number of nitrogen functional groups attached to an aromatic ring is 2. The van der Waals surface area contributed by atoms with Crippen LogP contribution in [0.1, 0.15) is 31.0 Å². The van der Waals surface area contributed by atoms with Gasteiger partial charge in [0.05, 0.1) is 0 Å². The Balaban J connectivity index is 2.37. The summed E-state index contributed by atoms with van der Waals surface area (Å²) in [6.45, 7) is 0. The standard InChI is InChI=1S/C8H11ClN4/c9-6-5(10)7(11)13-8(12-6)4-2-1-3-4/h4H,1-3,10H2,(H2,11,12,13). The molecule has 1 aliphatic rings. The van der Waals surface area contributed by atoms with Gasteiger partial charge in [-0.1, -0.05) is 18.0 Å². The average molecular weight is 199 g/mol. The summed E-state index contributed by atoms with van der Waals surface area (Å²) in [6, 6.07) is 0. The lowest BCUT2D eigenvalue weighted by atomic mass is 9.85. The summed E-state index contributed by atoms with van der Waals surface area (Å²) in [7, 11) is 0. The van der Waals surface area contributed by atoms with Gasteiger partial charge in [0.2, 0.25) is 0 Å². The summed E-state index contributed by atoms with van der Waals surface area (Å²) in [5.74, 6) is 1.46. The molecule has 13 heavy (non-hydrogen) atoms. The molecule has 1 saturated carbocycles. The maximum atomic E-state index is 5.79. The summed E-state index contributed by atoms with van der Waals surface area (Å²) in [5.41, 5.74) is 11.4. The van der Waals surface area contributed by atoms with Crippen molar-refractivity contribution >= 4 is 23.1 Å². The Labute approximate surface area is 81.3 Å². The summed E-state index contributed by atoms with van der Waals surface area (Å²) >= 11 is 5.79. The van der Waals surface area contributed by atoms with E-state index in [9.17, 15) is 0 Å². The van der Waals surface area contributed by atoms with Crippen molar-refractivity contribution in [3.05, 3.63) is 11.0 Å². The van der Waals surface area contributed by atoms with Crippen molar-refractivity contribution in [2.45, 2.75) is 25.2 Å². The Bertz CT molecular complexity index is 312. The van der Waals surface area contributed by atoms with E-state index in [0.717, 1.165) is 18.7 Å². The minimum atomic E-state index is 0.273. The fraction of sp³-hybridized carbons (Fsp3) is 0.500. The summed E-state index contributed by atoms with van der Waals surface area (Å²) < 4.78 is 0. The number of rotatable bonds is 1. The van der Waals surface area contributed by atoms with Crippen molar-refractivity contribution in [3.63, 3.8) is 0 Å². The van der Waals surface area contributed by atoms with E-state index in [1.54, 1.807) is 0 Å². The van der Waals surface area contributed by atoms with Crippen LogP contribution >= 0.6 is 11.6 Å². The predicted molar refractivity (Wildman–Crippen MR) is 52.5 cm³/mol. The number of anilines is 2. The lowest BCUT2D eigenvalue weighted by Gasteiger charge is -2.24. The van der Waals surface area contributed by atoms with Crippen LogP contribution in [0.25, 0.3) is 0 Å². The lowest BCUT2D eigenvalue weighted by molar-refractivity contribution is 0.402. The Hall–Kier alpha value is -1.03. The first-order valence-electron chi connectivity index (χ1n) is 4.27. The fourth-order valence-electron chi connectivity index (χ4n) is 1.32. The molecule has 0 spiro atoms. The van der Waals surface area contributed by atoms with Crippen LogP contribution in [0.5, 0.6) is 0 Å². The van der Waals surface area contributed by atoms with E-state index in [1.807, 2.05) is 0 Å². The van der Waals surface area contributed by atoms with Gasteiger partial charge in [0, 0.05) is 5.92 Å². The van der Waals surface area contributed by atoms with E-state index in [4.69, 9.17) is 23.1 Å².